The second-order valence-electron chi connectivity index (χ2n) is 4.67. The minimum atomic E-state index is -0.484. The Balaban J connectivity index is 2.00. The zero-order valence-electron chi connectivity index (χ0n) is 11.1. The maximum absolute atomic E-state index is 11.9. The number of anilines is 1. The van der Waals surface area contributed by atoms with E-state index in [0.29, 0.717) is 5.69 Å². The summed E-state index contributed by atoms with van der Waals surface area (Å²) < 4.78 is 0. The van der Waals surface area contributed by atoms with Gasteiger partial charge < -0.3 is 16.0 Å². The number of nitrogens with two attached hydrogens (primary N) is 1. The number of rotatable bonds is 2. The Morgan fingerprint density at radius 1 is 1.25 bits per heavy atom. The highest BCUT2D eigenvalue weighted by Crippen LogP contribution is 2.14. The molecule has 1 heterocycles. The molecule has 4 amide bonds. The summed E-state index contributed by atoms with van der Waals surface area (Å²) >= 11 is 0. The summed E-state index contributed by atoms with van der Waals surface area (Å²) in [6.45, 7) is 1.61. The molecule has 0 radical (unpaired) electrons. The molecule has 1 aliphatic rings. The number of carbonyl (C=O) groups excluding carboxylic acids is 3. The van der Waals surface area contributed by atoms with Crippen molar-refractivity contribution in [3.8, 4) is 0 Å². The number of benzene rings is 1. The third kappa shape index (κ3) is 3.33. The summed E-state index contributed by atoms with van der Waals surface area (Å²) in [4.78, 5) is 35.5. The van der Waals surface area contributed by atoms with Gasteiger partial charge in [0.15, 0.2) is 0 Å². The second-order valence-corrected chi connectivity index (χ2v) is 4.67. The highest BCUT2D eigenvalue weighted by atomic mass is 16.2. The molecular formula is C13H16N4O3. The van der Waals surface area contributed by atoms with Gasteiger partial charge in [-0.15, -0.1) is 0 Å². The van der Waals surface area contributed by atoms with Crippen LogP contribution in [0.5, 0.6) is 0 Å². The number of imide groups is 1. The van der Waals surface area contributed by atoms with Crippen LogP contribution in [-0.4, -0.2) is 35.8 Å². The lowest BCUT2D eigenvalue weighted by Crippen LogP contribution is -2.54. The SMILES string of the molecule is CC(N)c1ccc(NC(=O)N2CC(=O)NC(=O)C2)cc1. The molecule has 1 saturated heterocycles. The minimum Gasteiger partial charge on any atom is -0.324 e. The normalized spacial score (nSPS) is 16.6. The number of nitrogens with one attached hydrogen (secondary N) is 2. The van der Waals surface area contributed by atoms with Crippen molar-refractivity contribution < 1.29 is 14.4 Å². The number of carbonyl (C=O) groups is 3. The second kappa shape index (κ2) is 5.70. The third-order valence-electron chi connectivity index (χ3n) is 2.92. The quantitative estimate of drug-likeness (QED) is 0.671. The number of nitrogens with zero attached hydrogens (tertiary/aromatic N) is 1. The lowest BCUT2D eigenvalue weighted by atomic mass is 10.1. The van der Waals surface area contributed by atoms with E-state index >= 15 is 0 Å². The molecule has 20 heavy (non-hydrogen) atoms. The van der Waals surface area contributed by atoms with Gasteiger partial charge in [-0.3, -0.25) is 14.9 Å². The van der Waals surface area contributed by atoms with Crippen LogP contribution >= 0.6 is 0 Å². The van der Waals surface area contributed by atoms with Gasteiger partial charge in [0.1, 0.15) is 13.1 Å². The molecule has 0 aliphatic carbocycles. The number of piperazine rings is 1. The smallest absolute Gasteiger partial charge is 0.322 e. The fraction of sp³-hybridized carbons (Fsp3) is 0.308. The van der Waals surface area contributed by atoms with Gasteiger partial charge in [0.05, 0.1) is 0 Å². The van der Waals surface area contributed by atoms with Crippen molar-refractivity contribution >= 4 is 23.5 Å². The minimum absolute atomic E-state index is 0.0804. The van der Waals surface area contributed by atoms with Crippen LogP contribution in [0.4, 0.5) is 10.5 Å². The predicted molar refractivity (Wildman–Crippen MR) is 72.8 cm³/mol. The molecule has 0 spiro atoms. The van der Waals surface area contributed by atoms with E-state index in [-0.39, 0.29) is 19.1 Å². The Kier molecular flexibility index (Phi) is 3.99. The van der Waals surface area contributed by atoms with Crippen molar-refractivity contribution in [3.05, 3.63) is 29.8 Å². The fourth-order valence-electron chi connectivity index (χ4n) is 1.85. The largest absolute Gasteiger partial charge is 0.324 e. The summed E-state index contributed by atoms with van der Waals surface area (Å²) in [7, 11) is 0. The van der Waals surface area contributed by atoms with Crippen LogP contribution in [0.15, 0.2) is 24.3 Å². The molecule has 0 saturated carbocycles. The summed E-state index contributed by atoms with van der Waals surface area (Å²) in [5.41, 5.74) is 7.27. The molecule has 2 rings (SSSR count). The number of amides is 4. The molecule has 1 aromatic carbocycles. The van der Waals surface area contributed by atoms with Crippen molar-refractivity contribution in [1.82, 2.24) is 10.2 Å². The molecule has 1 fully saturated rings. The predicted octanol–water partition coefficient (Wildman–Crippen LogP) is 0.197. The van der Waals surface area contributed by atoms with E-state index in [1.165, 1.54) is 0 Å². The van der Waals surface area contributed by atoms with Gasteiger partial charge in [0.2, 0.25) is 11.8 Å². The highest BCUT2D eigenvalue weighted by Gasteiger charge is 2.26. The zero-order valence-corrected chi connectivity index (χ0v) is 11.1. The van der Waals surface area contributed by atoms with E-state index in [4.69, 9.17) is 5.73 Å². The number of urea groups is 1. The fourth-order valence-corrected chi connectivity index (χ4v) is 1.85. The van der Waals surface area contributed by atoms with Crippen LogP contribution in [-0.2, 0) is 9.59 Å². The van der Waals surface area contributed by atoms with E-state index in [1.54, 1.807) is 12.1 Å². The monoisotopic (exact) mass is 276 g/mol. The van der Waals surface area contributed by atoms with Gasteiger partial charge in [0.25, 0.3) is 0 Å². The topological polar surface area (TPSA) is 105 Å². The van der Waals surface area contributed by atoms with Gasteiger partial charge in [-0.2, -0.15) is 0 Å². The van der Waals surface area contributed by atoms with Gasteiger partial charge in [-0.25, -0.2) is 4.79 Å². The third-order valence-corrected chi connectivity index (χ3v) is 2.92. The Morgan fingerprint density at radius 2 is 1.80 bits per heavy atom. The van der Waals surface area contributed by atoms with Crippen molar-refractivity contribution in [2.45, 2.75) is 13.0 Å². The molecule has 0 aromatic heterocycles. The summed E-state index contributed by atoms with van der Waals surface area (Å²) in [5.74, 6) is -0.965. The van der Waals surface area contributed by atoms with E-state index in [1.807, 2.05) is 19.1 Å². The first kappa shape index (κ1) is 14.0. The van der Waals surface area contributed by atoms with Crippen LogP contribution < -0.4 is 16.4 Å². The Hall–Kier alpha value is -2.41. The molecule has 4 N–H and O–H groups in total. The first-order valence-electron chi connectivity index (χ1n) is 6.20. The van der Waals surface area contributed by atoms with Crippen LogP contribution in [0, 0.1) is 0 Å². The molecule has 7 heteroatoms. The average molecular weight is 276 g/mol. The van der Waals surface area contributed by atoms with Crippen LogP contribution in [0.25, 0.3) is 0 Å². The molecule has 1 unspecified atom stereocenters. The maximum atomic E-state index is 11.9. The lowest BCUT2D eigenvalue weighted by Gasteiger charge is -2.25. The highest BCUT2D eigenvalue weighted by molar-refractivity contribution is 6.04. The van der Waals surface area contributed by atoms with Crippen molar-refractivity contribution in [3.63, 3.8) is 0 Å². The van der Waals surface area contributed by atoms with Gasteiger partial charge >= 0.3 is 6.03 Å². The van der Waals surface area contributed by atoms with E-state index < -0.39 is 17.8 Å². The molecule has 1 atom stereocenters. The van der Waals surface area contributed by atoms with Crippen molar-refractivity contribution in [2.75, 3.05) is 18.4 Å². The Labute approximate surface area is 116 Å². The number of hydrogen-bond acceptors (Lipinski definition) is 4. The first-order chi connectivity index (χ1) is 9.45. The molecular weight excluding hydrogens is 260 g/mol. The van der Waals surface area contributed by atoms with Gasteiger partial charge in [-0.05, 0) is 24.6 Å². The molecule has 7 nitrogen and oxygen atoms in total. The van der Waals surface area contributed by atoms with E-state index in [9.17, 15) is 14.4 Å². The average Bonchev–Trinajstić information content (AvgIpc) is 2.38. The van der Waals surface area contributed by atoms with Crippen LogP contribution in [0.3, 0.4) is 0 Å². The maximum Gasteiger partial charge on any atom is 0.322 e. The summed E-state index contributed by atoms with van der Waals surface area (Å²) in [6, 6.07) is 6.51. The van der Waals surface area contributed by atoms with E-state index in [2.05, 4.69) is 10.6 Å². The van der Waals surface area contributed by atoms with Crippen molar-refractivity contribution in [2.24, 2.45) is 5.73 Å². The first-order valence-corrected chi connectivity index (χ1v) is 6.20. The van der Waals surface area contributed by atoms with Crippen LogP contribution in [0.1, 0.15) is 18.5 Å². The molecule has 0 bridgehead atoms. The summed E-state index contributed by atoms with van der Waals surface area (Å²) in [5, 5.41) is 4.77. The zero-order chi connectivity index (χ0) is 14.7. The molecule has 1 aliphatic heterocycles. The van der Waals surface area contributed by atoms with Gasteiger partial charge in [0, 0.05) is 11.7 Å². The molecule has 106 valence electrons. The Bertz CT molecular complexity index is 523. The van der Waals surface area contributed by atoms with E-state index in [0.717, 1.165) is 10.5 Å². The Morgan fingerprint density at radius 3 is 2.30 bits per heavy atom. The standard InChI is InChI=1S/C13H16N4O3/c1-8(14)9-2-4-10(5-3-9)15-13(20)17-6-11(18)16-12(19)7-17/h2-5,8H,6-7,14H2,1H3,(H,15,20)(H,16,18,19). The summed E-state index contributed by atoms with van der Waals surface area (Å²) in [6.07, 6.45) is 0. The van der Waals surface area contributed by atoms with Crippen molar-refractivity contribution in [1.29, 1.82) is 0 Å². The van der Waals surface area contributed by atoms with Gasteiger partial charge in [-0.1, -0.05) is 12.1 Å². The lowest BCUT2D eigenvalue weighted by molar-refractivity contribution is -0.134. The molecule has 1 aromatic rings. The number of hydrogen-bond donors (Lipinski definition) is 3. The van der Waals surface area contributed by atoms with Crippen LogP contribution in [0.2, 0.25) is 0 Å².